The molecule has 1 N–H and O–H groups in total. The monoisotopic (exact) mass is 178 g/mol. The first-order valence-electron chi connectivity index (χ1n) is 3.53. The molecular formula is C7H14O3S. The quantitative estimate of drug-likeness (QED) is 0.628. The zero-order valence-electron chi connectivity index (χ0n) is 6.87. The second-order valence-electron chi connectivity index (χ2n) is 2.15. The van der Waals surface area contributed by atoms with Gasteiger partial charge in [-0.25, -0.2) is 0 Å². The maximum atomic E-state index is 10.6. The van der Waals surface area contributed by atoms with E-state index >= 15 is 0 Å². The minimum atomic E-state index is -0.301. The number of rotatable bonds is 5. The molecule has 0 amide bonds. The van der Waals surface area contributed by atoms with Crippen molar-refractivity contribution in [3.05, 3.63) is 0 Å². The Labute approximate surface area is 71.1 Å². The Morgan fingerprint density at radius 2 is 2.36 bits per heavy atom. The number of hydrogen-bond acceptors (Lipinski definition) is 4. The zero-order chi connectivity index (χ0) is 8.69. The number of hydrogen-bond donors (Lipinski definition) is 1. The van der Waals surface area contributed by atoms with Crippen LogP contribution in [0.4, 0.5) is 0 Å². The molecule has 0 aromatic carbocycles. The number of aliphatic hydroxyl groups is 1. The van der Waals surface area contributed by atoms with E-state index in [1.54, 1.807) is 0 Å². The molecule has 0 fully saturated rings. The Hall–Kier alpha value is -0.220. The van der Waals surface area contributed by atoms with E-state index in [2.05, 4.69) is 4.74 Å². The number of aliphatic hydroxyl groups excluding tert-OH is 1. The van der Waals surface area contributed by atoms with E-state index in [9.17, 15) is 4.79 Å². The first kappa shape index (κ1) is 10.8. The smallest absolute Gasteiger partial charge is 0.315 e. The highest BCUT2D eigenvalue weighted by atomic mass is 32.2. The molecule has 4 heteroatoms. The minimum absolute atomic E-state index is 0.238. The summed E-state index contributed by atoms with van der Waals surface area (Å²) in [5.41, 5.74) is 0. The maximum Gasteiger partial charge on any atom is 0.315 e. The molecule has 0 aliphatic heterocycles. The predicted molar refractivity (Wildman–Crippen MR) is 45.6 cm³/mol. The predicted octanol–water partition coefficient (Wildman–Crippen LogP) is 0.663. The van der Waals surface area contributed by atoms with Crippen LogP contribution >= 0.6 is 11.8 Å². The van der Waals surface area contributed by atoms with Gasteiger partial charge in [0, 0.05) is 5.75 Å². The van der Waals surface area contributed by atoms with E-state index in [1.165, 1.54) is 18.9 Å². The lowest BCUT2D eigenvalue weighted by atomic mass is 10.3. The first-order chi connectivity index (χ1) is 5.20. The third-order valence-electron chi connectivity index (χ3n) is 1.23. The molecule has 1 unspecified atom stereocenters. The molecule has 0 spiro atoms. The summed E-state index contributed by atoms with van der Waals surface area (Å²) in [6.07, 6.45) is 0.429. The summed E-state index contributed by atoms with van der Waals surface area (Å²) in [6.45, 7) is 1.91. The zero-order valence-corrected chi connectivity index (χ0v) is 7.69. The van der Waals surface area contributed by atoms with Crippen LogP contribution in [0.3, 0.4) is 0 Å². The average Bonchev–Trinajstić information content (AvgIpc) is 2.04. The number of esters is 1. The van der Waals surface area contributed by atoms with Crippen LogP contribution in [0.15, 0.2) is 0 Å². The van der Waals surface area contributed by atoms with Gasteiger partial charge in [-0.3, -0.25) is 4.79 Å². The number of ether oxygens (including phenoxy) is 1. The van der Waals surface area contributed by atoms with E-state index in [1.807, 2.05) is 6.92 Å². The summed E-state index contributed by atoms with van der Waals surface area (Å²) >= 11 is 1.39. The van der Waals surface area contributed by atoms with Crippen molar-refractivity contribution in [3.8, 4) is 0 Å². The lowest BCUT2D eigenvalue weighted by molar-refractivity contribution is -0.137. The second kappa shape index (κ2) is 6.49. The molecule has 0 saturated heterocycles. The number of thioether (sulfide) groups is 1. The van der Waals surface area contributed by atoms with Crippen molar-refractivity contribution >= 4 is 17.7 Å². The summed E-state index contributed by atoms with van der Waals surface area (Å²) in [5, 5.41) is 9.07. The van der Waals surface area contributed by atoms with Gasteiger partial charge in [-0.15, -0.1) is 11.8 Å². The molecule has 0 aromatic rings. The highest BCUT2D eigenvalue weighted by molar-refractivity contribution is 7.99. The largest absolute Gasteiger partial charge is 0.468 e. The lowest BCUT2D eigenvalue weighted by Crippen LogP contribution is -2.11. The van der Waals surface area contributed by atoms with Gasteiger partial charge in [0.2, 0.25) is 0 Å². The van der Waals surface area contributed by atoms with Crippen molar-refractivity contribution in [2.45, 2.75) is 19.4 Å². The van der Waals surface area contributed by atoms with Crippen LogP contribution in [0.25, 0.3) is 0 Å². The fraction of sp³-hybridized carbons (Fsp3) is 0.857. The highest BCUT2D eigenvalue weighted by Gasteiger charge is 2.03. The fourth-order valence-electron chi connectivity index (χ4n) is 0.455. The van der Waals surface area contributed by atoms with Crippen molar-refractivity contribution < 1.29 is 14.6 Å². The summed E-state index contributed by atoms with van der Waals surface area (Å²) in [7, 11) is 1.36. The van der Waals surface area contributed by atoms with E-state index in [0.717, 1.165) is 6.42 Å². The maximum absolute atomic E-state index is 10.6. The summed E-state index contributed by atoms with van der Waals surface area (Å²) in [5.74, 6) is 0.692. The minimum Gasteiger partial charge on any atom is -0.468 e. The summed E-state index contributed by atoms with van der Waals surface area (Å²) < 4.78 is 4.42. The normalized spacial score (nSPS) is 12.6. The Bertz CT molecular complexity index is 116. The number of carbonyl (C=O) groups is 1. The standard InChI is InChI=1S/C7H14O3S/c1-3-6(8)4-11-5-7(9)10-2/h6,8H,3-5H2,1-2H3. The van der Waals surface area contributed by atoms with Gasteiger partial charge >= 0.3 is 5.97 Å². The Balaban J connectivity index is 3.20. The summed E-state index contributed by atoms with van der Waals surface area (Å²) in [4.78, 5) is 10.6. The SMILES string of the molecule is CCC(O)CSCC(=O)OC. The lowest BCUT2D eigenvalue weighted by Gasteiger charge is -2.05. The molecule has 1 atom stereocenters. The van der Waals surface area contributed by atoms with E-state index in [0.29, 0.717) is 11.5 Å². The Kier molecular flexibility index (Phi) is 6.36. The molecule has 0 rings (SSSR count). The molecule has 11 heavy (non-hydrogen) atoms. The molecule has 3 nitrogen and oxygen atoms in total. The molecule has 0 heterocycles. The molecule has 0 radical (unpaired) electrons. The van der Waals surface area contributed by atoms with Gasteiger partial charge in [0.15, 0.2) is 0 Å². The van der Waals surface area contributed by atoms with Crippen molar-refractivity contribution in [1.29, 1.82) is 0 Å². The van der Waals surface area contributed by atoms with Crippen LogP contribution in [-0.4, -0.2) is 35.8 Å². The number of methoxy groups -OCH3 is 1. The summed E-state index contributed by atoms with van der Waals surface area (Å²) in [6, 6.07) is 0. The Morgan fingerprint density at radius 3 is 2.82 bits per heavy atom. The third-order valence-corrected chi connectivity index (χ3v) is 2.29. The van der Waals surface area contributed by atoms with Crippen LogP contribution < -0.4 is 0 Å². The molecule has 0 aromatic heterocycles. The van der Waals surface area contributed by atoms with Crippen LogP contribution in [-0.2, 0) is 9.53 Å². The topological polar surface area (TPSA) is 46.5 Å². The van der Waals surface area contributed by atoms with Gasteiger partial charge < -0.3 is 9.84 Å². The Morgan fingerprint density at radius 1 is 1.73 bits per heavy atom. The van der Waals surface area contributed by atoms with Crippen molar-refractivity contribution in [2.75, 3.05) is 18.6 Å². The van der Waals surface area contributed by atoms with Gasteiger partial charge in [0.1, 0.15) is 0 Å². The van der Waals surface area contributed by atoms with E-state index in [-0.39, 0.29) is 12.1 Å². The second-order valence-corrected chi connectivity index (χ2v) is 3.18. The van der Waals surface area contributed by atoms with Gasteiger partial charge in [-0.05, 0) is 6.42 Å². The van der Waals surface area contributed by atoms with Crippen molar-refractivity contribution in [1.82, 2.24) is 0 Å². The molecule has 66 valence electrons. The van der Waals surface area contributed by atoms with Gasteiger partial charge in [0.25, 0.3) is 0 Å². The van der Waals surface area contributed by atoms with Crippen LogP contribution in [0, 0.1) is 0 Å². The van der Waals surface area contributed by atoms with Crippen LogP contribution in [0.2, 0.25) is 0 Å². The van der Waals surface area contributed by atoms with E-state index < -0.39 is 0 Å². The van der Waals surface area contributed by atoms with Crippen molar-refractivity contribution in [3.63, 3.8) is 0 Å². The molecule has 0 aliphatic carbocycles. The molecule has 0 bridgehead atoms. The highest BCUT2D eigenvalue weighted by Crippen LogP contribution is 2.05. The fourth-order valence-corrected chi connectivity index (χ4v) is 1.37. The van der Waals surface area contributed by atoms with Gasteiger partial charge in [0.05, 0.1) is 19.0 Å². The molecule has 0 saturated carbocycles. The van der Waals surface area contributed by atoms with E-state index in [4.69, 9.17) is 5.11 Å². The average molecular weight is 178 g/mol. The first-order valence-corrected chi connectivity index (χ1v) is 4.68. The van der Waals surface area contributed by atoms with Crippen LogP contribution in [0.5, 0.6) is 0 Å². The number of carbonyl (C=O) groups excluding carboxylic acids is 1. The van der Waals surface area contributed by atoms with Gasteiger partial charge in [-0.2, -0.15) is 0 Å². The molecular weight excluding hydrogens is 164 g/mol. The van der Waals surface area contributed by atoms with Crippen LogP contribution in [0.1, 0.15) is 13.3 Å². The van der Waals surface area contributed by atoms with Crippen molar-refractivity contribution in [2.24, 2.45) is 0 Å². The van der Waals surface area contributed by atoms with Gasteiger partial charge in [-0.1, -0.05) is 6.92 Å². The third kappa shape index (κ3) is 6.19. The molecule has 0 aliphatic rings.